The molecule has 0 spiro atoms. The SMILES string of the molecule is CC1(C)c2ccccc2-c2cc3c(cc21)oc1cc2c4ccccc4c4cc5ccccc5cc4c2cc13. The van der Waals surface area contributed by atoms with Crippen LogP contribution in [0.5, 0.6) is 0 Å². The lowest BCUT2D eigenvalue weighted by Crippen LogP contribution is -2.14. The third-order valence-electron chi connectivity index (χ3n) is 9.00. The standard InChI is InChI=1S/C37H24O/c1-37(2)33-14-8-7-13-25(33)30-18-32-31-17-28-27-16-22-10-4-3-9-21(22)15-26(27)23-11-5-6-12-24(23)29(28)19-35(31)38-36(32)20-34(30)37/h3-20H,1-2H3. The van der Waals surface area contributed by atoms with Crippen molar-refractivity contribution in [1.29, 1.82) is 0 Å². The Morgan fingerprint density at radius 3 is 1.74 bits per heavy atom. The van der Waals surface area contributed by atoms with Crippen LogP contribution in [0.2, 0.25) is 0 Å². The average Bonchev–Trinajstić information content (AvgIpc) is 3.41. The second-order valence-corrected chi connectivity index (χ2v) is 11.4. The Morgan fingerprint density at radius 1 is 0.421 bits per heavy atom. The van der Waals surface area contributed by atoms with Crippen molar-refractivity contribution in [2.24, 2.45) is 0 Å². The summed E-state index contributed by atoms with van der Waals surface area (Å²) in [6.07, 6.45) is 0. The second kappa shape index (κ2) is 6.82. The molecule has 1 heterocycles. The molecule has 1 aliphatic carbocycles. The summed E-state index contributed by atoms with van der Waals surface area (Å²) in [5, 5.41) is 12.6. The summed E-state index contributed by atoms with van der Waals surface area (Å²) in [7, 11) is 0. The van der Waals surface area contributed by atoms with Gasteiger partial charge in [0, 0.05) is 16.2 Å². The Bertz CT molecular complexity index is 2310. The van der Waals surface area contributed by atoms with Gasteiger partial charge in [0.2, 0.25) is 0 Å². The van der Waals surface area contributed by atoms with E-state index in [-0.39, 0.29) is 5.41 Å². The van der Waals surface area contributed by atoms with Crippen molar-refractivity contribution in [3.05, 3.63) is 120 Å². The van der Waals surface area contributed by atoms with Crippen LogP contribution in [0.25, 0.3) is 76.2 Å². The molecule has 1 nitrogen and oxygen atoms in total. The van der Waals surface area contributed by atoms with Gasteiger partial charge in [-0.3, -0.25) is 0 Å². The maximum absolute atomic E-state index is 6.61. The molecule has 8 aromatic rings. The second-order valence-electron chi connectivity index (χ2n) is 11.4. The zero-order valence-corrected chi connectivity index (χ0v) is 21.3. The largest absolute Gasteiger partial charge is 0.456 e. The van der Waals surface area contributed by atoms with E-state index in [1.807, 2.05) is 0 Å². The van der Waals surface area contributed by atoms with Gasteiger partial charge in [0.15, 0.2) is 0 Å². The molecule has 0 bridgehead atoms. The highest BCUT2D eigenvalue weighted by molar-refractivity contribution is 6.29. The molecule has 0 radical (unpaired) electrons. The summed E-state index contributed by atoms with van der Waals surface area (Å²) < 4.78 is 6.61. The van der Waals surface area contributed by atoms with Crippen LogP contribution < -0.4 is 0 Å². The van der Waals surface area contributed by atoms with Crippen LogP contribution in [-0.2, 0) is 5.41 Å². The highest BCUT2D eigenvalue weighted by Crippen LogP contribution is 2.51. The first kappa shape index (κ1) is 20.4. The van der Waals surface area contributed by atoms with E-state index < -0.39 is 0 Å². The Kier molecular flexibility index (Phi) is 3.67. The summed E-state index contributed by atoms with van der Waals surface area (Å²) in [6, 6.07) is 40.3. The zero-order valence-electron chi connectivity index (χ0n) is 21.3. The Hall–Kier alpha value is -4.62. The molecule has 0 unspecified atom stereocenters. The van der Waals surface area contributed by atoms with Crippen LogP contribution in [0.4, 0.5) is 0 Å². The minimum absolute atomic E-state index is 0.0444. The predicted octanol–water partition coefficient (Wildman–Crippen LogP) is 10.5. The molecule has 1 heteroatoms. The van der Waals surface area contributed by atoms with Crippen LogP contribution >= 0.6 is 0 Å². The van der Waals surface area contributed by atoms with Crippen LogP contribution in [0, 0.1) is 0 Å². The highest BCUT2D eigenvalue weighted by atomic mass is 16.3. The minimum Gasteiger partial charge on any atom is -0.456 e. The van der Waals surface area contributed by atoms with E-state index in [0.29, 0.717) is 0 Å². The van der Waals surface area contributed by atoms with Gasteiger partial charge in [0.1, 0.15) is 11.2 Å². The topological polar surface area (TPSA) is 13.1 Å². The van der Waals surface area contributed by atoms with Crippen LogP contribution in [-0.4, -0.2) is 0 Å². The van der Waals surface area contributed by atoms with Crippen molar-refractivity contribution in [2.75, 3.05) is 0 Å². The van der Waals surface area contributed by atoms with Gasteiger partial charge in [-0.05, 0) is 102 Å². The maximum atomic E-state index is 6.61. The smallest absolute Gasteiger partial charge is 0.136 e. The predicted molar refractivity (Wildman–Crippen MR) is 161 cm³/mol. The van der Waals surface area contributed by atoms with E-state index in [1.165, 1.54) is 76.1 Å². The third kappa shape index (κ3) is 2.47. The summed E-state index contributed by atoms with van der Waals surface area (Å²) >= 11 is 0. The lowest BCUT2D eigenvalue weighted by atomic mass is 9.82. The van der Waals surface area contributed by atoms with Crippen molar-refractivity contribution in [1.82, 2.24) is 0 Å². The van der Waals surface area contributed by atoms with Gasteiger partial charge < -0.3 is 4.42 Å². The molecule has 0 saturated heterocycles. The first-order chi connectivity index (χ1) is 18.6. The van der Waals surface area contributed by atoms with Crippen molar-refractivity contribution in [3.8, 4) is 11.1 Å². The summed E-state index contributed by atoms with van der Waals surface area (Å²) in [5.74, 6) is 0. The fourth-order valence-electron chi connectivity index (χ4n) is 7.10. The number of furan rings is 1. The van der Waals surface area contributed by atoms with E-state index >= 15 is 0 Å². The minimum atomic E-state index is -0.0444. The third-order valence-corrected chi connectivity index (χ3v) is 9.00. The van der Waals surface area contributed by atoms with E-state index in [2.05, 4.69) is 123 Å². The summed E-state index contributed by atoms with van der Waals surface area (Å²) in [5.41, 5.74) is 7.28. The van der Waals surface area contributed by atoms with E-state index in [9.17, 15) is 0 Å². The fraction of sp³-hybridized carbons (Fsp3) is 0.0811. The molecule has 0 fully saturated rings. The van der Waals surface area contributed by atoms with Gasteiger partial charge in [0.05, 0.1) is 0 Å². The van der Waals surface area contributed by atoms with Crippen molar-refractivity contribution < 1.29 is 4.42 Å². The fourth-order valence-corrected chi connectivity index (χ4v) is 7.10. The first-order valence-electron chi connectivity index (χ1n) is 13.4. The van der Waals surface area contributed by atoms with Gasteiger partial charge >= 0.3 is 0 Å². The molecule has 1 aromatic heterocycles. The molecule has 0 atom stereocenters. The molecule has 9 rings (SSSR count). The maximum Gasteiger partial charge on any atom is 0.136 e. The Labute approximate surface area is 219 Å². The lowest BCUT2D eigenvalue weighted by Gasteiger charge is -2.21. The number of rotatable bonds is 0. The summed E-state index contributed by atoms with van der Waals surface area (Å²) in [4.78, 5) is 0. The highest BCUT2D eigenvalue weighted by Gasteiger charge is 2.36. The van der Waals surface area contributed by atoms with Crippen LogP contribution in [0.1, 0.15) is 25.0 Å². The molecule has 178 valence electrons. The van der Waals surface area contributed by atoms with Crippen molar-refractivity contribution >= 4 is 65.0 Å². The van der Waals surface area contributed by atoms with Crippen LogP contribution in [0.15, 0.2) is 114 Å². The van der Waals surface area contributed by atoms with E-state index in [0.717, 1.165) is 11.2 Å². The molecule has 0 amide bonds. The molecule has 0 aliphatic heterocycles. The normalized spacial score (nSPS) is 14.3. The van der Waals surface area contributed by atoms with E-state index in [1.54, 1.807) is 0 Å². The molecule has 7 aromatic carbocycles. The summed E-state index contributed by atoms with van der Waals surface area (Å²) in [6.45, 7) is 4.64. The van der Waals surface area contributed by atoms with Gasteiger partial charge in [-0.1, -0.05) is 86.6 Å². The zero-order chi connectivity index (χ0) is 25.2. The first-order valence-corrected chi connectivity index (χ1v) is 13.4. The monoisotopic (exact) mass is 484 g/mol. The molecular weight excluding hydrogens is 460 g/mol. The number of hydrogen-bond acceptors (Lipinski definition) is 1. The molecule has 0 N–H and O–H groups in total. The molecule has 1 aliphatic rings. The average molecular weight is 485 g/mol. The quantitative estimate of drug-likeness (QED) is 0.154. The van der Waals surface area contributed by atoms with Gasteiger partial charge in [-0.2, -0.15) is 0 Å². The number of benzene rings is 7. The van der Waals surface area contributed by atoms with E-state index in [4.69, 9.17) is 4.42 Å². The van der Waals surface area contributed by atoms with Crippen molar-refractivity contribution in [3.63, 3.8) is 0 Å². The Balaban J connectivity index is 1.45. The molecular formula is C37H24O. The van der Waals surface area contributed by atoms with Gasteiger partial charge in [0.25, 0.3) is 0 Å². The van der Waals surface area contributed by atoms with Gasteiger partial charge in [-0.25, -0.2) is 0 Å². The number of fused-ring (bicyclic) bond motifs is 13. The number of hydrogen-bond donors (Lipinski definition) is 0. The van der Waals surface area contributed by atoms with Gasteiger partial charge in [-0.15, -0.1) is 0 Å². The molecule has 0 saturated carbocycles. The van der Waals surface area contributed by atoms with Crippen LogP contribution in [0.3, 0.4) is 0 Å². The Morgan fingerprint density at radius 2 is 0.974 bits per heavy atom. The molecule has 38 heavy (non-hydrogen) atoms. The lowest BCUT2D eigenvalue weighted by molar-refractivity contribution is 0.647. The van der Waals surface area contributed by atoms with Crippen molar-refractivity contribution in [2.45, 2.75) is 19.3 Å².